The van der Waals surface area contributed by atoms with Crippen molar-refractivity contribution in [3.8, 4) is 17.2 Å². The number of benzene rings is 2. The summed E-state index contributed by atoms with van der Waals surface area (Å²) in [5.41, 5.74) is 3.17. The first kappa shape index (κ1) is 27.8. The van der Waals surface area contributed by atoms with Crippen molar-refractivity contribution >= 4 is 29.9 Å². The standard InChI is InChI=1S/C24H35N3O4.HI/c1-6-25-24(27-17-20-9-8-10-21(28-4)23(20)29-5)26-16-19-12-11-18(3)15-22(19)31-14-13-30-7-2;/h8-12,15H,6-7,13-14,16-17H2,1-5H3,(H2,25,26,27);1H. The molecule has 0 atom stereocenters. The minimum Gasteiger partial charge on any atom is -0.493 e. The number of rotatable bonds is 12. The predicted octanol–water partition coefficient (Wildman–Crippen LogP) is 4.30. The third-order valence-electron chi connectivity index (χ3n) is 4.59. The van der Waals surface area contributed by atoms with Gasteiger partial charge in [0.15, 0.2) is 17.5 Å². The van der Waals surface area contributed by atoms with E-state index in [0.29, 0.717) is 50.4 Å². The van der Waals surface area contributed by atoms with E-state index in [0.717, 1.165) is 29.0 Å². The van der Waals surface area contributed by atoms with Gasteiger partial charge in [0.1, 0.15) is 12.4 Å². The zero-order valence-electron chi connectivity index (χ0n) is 19.7. The Morgan fingerprint density at radius 1 is 0.938 bits per heavy atom. The maximum absolute atomic E-state index is 5.94. The van der Waals surface area contributed by atoms with Crippen LogP contribution in [0.2, 0.25) is 0 Å². The van der Waals surface area contributed by atoms with Gasteiger partial charge in [-0.1, -0.05) is 24.3 Å². The number of hydrogen-bond acceptors (Lipinski definition) is 5. The molecule has 0 saturated heterocycles. The maximum atomic E-state index is 5.94. The number of guanidine groups is 1. The van der Waals surface area contributed by atoms with Gasteiger partial charge >= 0.3 is 0 Å². The van der Waals surface area contributed by atoms with Crippen molar-refractivity contribution < 1.29 is 18.9 Å². The molecule has 2 aromatic rings. The lowest BCUT2D eigenvalue weighted by molar-refractivity contribution is 0.110. The molecule has 2 N–H and O–H groups in total. The van der Waals surface area contributed by atoms with Gasteiger partial charge in [-0.2, -0.15) is 0 Å². The highest BCUT2D eigenvalue weighted by molar-refractivity contribution is 14.0. The van der Waals surface area contributed by atoms with Crippen LogP contribution in [0.3, 0.4) is 0 Å². The number of nitrogens with zero attached hydrogens (tertiary/aromatic N) is 1. The first-order chi connectivity index (χ1) is 15.1. The lowest BCUT2D eigenvalue weighted by Gasteiger charge is -2.16. The second-order valence-electron chi connectivity index (χ2n) is 6.86. The van der Waals surface area contributed by atoms with Crippen molar-refractivity contribution in [3.63, 3.8) is 0 Å². The zero-order chi connectivity index (χ0) is 22.5. The predicted molar refractivity (Wildman–Crippen MR) is 140 cm³/mol. The van der Waals surface area contributed by atoms with E-state index in [1.807, 2.05) is 38.1 Å². The van der Waals surface area contributed by atoms with Gasteiger partial charge in [0.25, 0.3) is 0 Å². The molecule has 0 heterocycles. The van der Waals surface area contributed by atoms with Gasteiger partial charge in [-0.3, -0.25) is 0 Å². The fraction of sp³-hybridized carbons (Fsp3) is 0.458. The minimum atomic E-state index is 0. The lowest BCUT2D eigenvalue weighted by Crippen LogP contribution is -2.36. The Morgan fingerprint density at radius 3 is 2.44 bits per heavy atom. The number of hydrogen-bond donors (Lipinski definition) is 2. The summed E-state index contributed by atoms with van der Waals surface area (Å²) >= 11 is 0. The summed E-state index contributed by atoms with van der Waals surface area (Å²) in [7, 11) is 3.27. The van der Waals surface area contributed by atoms with E-state index in [1.54, 1.807) is 14.2 Å². The van der Waals surface area contributed by atoms with E-state index in [-0.39, 0.29) is 24.0 Å². The number of methoxy groups -OCH3 is 2. The van der Waals surface area contributed by atoms with Crippen LogP contribution in [0, 0.1) is 6.92 Å². The molecule has 0 bridgehead atoms. The molecule has 32 heavy (non-hydrogen) atoms. The zero-order valence-corrected chi connectivity index (χ0v) is 22.0. The van der Waals surface area contributed by atoms with E-state index in [4.69, 9.17) is 23.9 Å². The molecule has 0 spiro atoms. The quantitative estimate of drug-likeness (QED) is 0.176. The molecule has 178 valence electrons. The number of para-hydroxylation sites is 1. The number of nitrogens with one attached hydrogen (secondary N) is 2. The number of ether oxygens (including phenoxy) is 4. The van der Waals surface area contributed by atoms with Gasteiger partial charge < -0.3 is 29.6 Å². The third-order valence-corrected chi connectivity index (χ3v) is 4.59. The number of aliphatic imine (C=N–C) groups is 1. The molecule has 8 heteroatoms. The van der Waals surface area contributed by atoms with Gasteiger partial charge in [-0.25, -0.2) is 4.99 Å². The largest absolute Gasteiger partial charge is 0.493 e. The summed E-state index contributed by atoms with van der Waals surface area (Å²) in [6.45, 7) is 9.66. The van der Waals surface area contributed by atoms with Crippen molar-refractivity contribution in [1.29, 1.82) is 0 Å². The van der Waals surface area contributed by atoms with E-state index in [9.17, 15) is 0 Å². The second kappa shape index (κ2) is 15.6. The molecule has 0 aromatic heterocycles. The normalized spacial score (nSPS) is 10.8. The Bertz CT molecular complexity index is 846. The SMILES string of the molecule is CCNC(=NCc1cccc(OC)c1OC)NCc1ccc(C)cc1OCCOCC.I. The molecule has 0 radical (unpaired) electrons. The Kier molecular flexibility index (Phi) is 13.5. The highest BCUT2D eigenvalue weighted by Gasteiger charge is 2.10. The molecule has 2 rings (SSSR count). The van der Waals surface area contributed by atoms with Crippen LogP contribution in [0.1, 0.15) is 30.5 Å². The van der Waals surface area contributed by atoms with Crippen LogP contribution in [0.4, 0.5) is 0 Å². The summed E-state index contributed by atoms with van der Waals surface area (Å²) in [5, 5.41) is 6.68. The van der Waals surface area contributed by atoms with Gasteiger partial charge in [0.05, 0.1) is 27.4 Å². The Labute approximate surface area is 208 Å². The molecule has 0 saturated carbocycles. The summed E-state index contributed by atoms with van der Waals surface area (Å²) in [6, 6.07) is 12.0. The van der Waals surface area contributed by atoms with E-state index in [1.165, 1.54) is 0 Å². The summed E-state index contributed by atoms with van der Waals surface area (Å²) in [4.78, 5) is 4.71. The van der Waals surface area contributed by atoms with Gasteiger partial charge in [-0.05, 0) is 38.5 Å². The van der Waals surface area contributed by atoms with Gasteiger partial charge in [-0.15, -0.1) is 24.0 Å². The molecule has 0 aliphatic rings. The summed E-state index contributed by atoms with van der Waals surface area (Å²) in [5.74, 6) is 2.97. The van der Waals surface area contributed by atoms with Crippen molar-refractivity contribution in [2.45, 2.75) is 33.9 Å². The molecule has 0 aliphatic carbocycles. The van der Waals surface area contributed by atoms with Crippen LogP contribution in [-0.2, 0) is 17.8 Å². The Balaban J connectivity index is 0.00000512. The fourth-order valence-corrected chi connectivity index (χ4v) is 3.06. The van der Waals surface area contributed by atoms with Crippen LogP contribution in [-0.4, -0.2) is 46.5 Å². The molecule has 0 amide bonds. The van der Waals surface area contributed by atoms with Crippen molar-refractivity contribution in [3.05, 3.63) is 53.1 Å². The van der Waals surface area contributed by atoms with Crippen LogP contribution in [0.15, 0.2) is 41.4 Å². The van der Waals surface area contributed by atoms with Crippen LogP contribution < -0.4 is 24.8 Å². The average molecular weight is 557 g/mol. The van der Waals surface area contributed by atoms with E-state index < -0.39 is 0 Å². The first-order valence-electron chi connectivity index (χ1n) is 10.6. The Morgan fingerprint density at radius 2 is 1.75 bits per heavy atom. The average Bonchev–Trinajstić information content (AvgIpc) is 2.79. The van der Waals surface area contributed by atoms with Crippen LogP contribution in [0.25, 0.3) is 0 Å². The first-order valence-corrected chi connectivity index (χ1v) is 10.6. The molecule has 7 nitrogen and oxygen atoms in total. The smallest absolute Gasteiger partial charge is 0.191 e. The highest BCUT2D eigenvalue weighted by Crippen LogP contribution is 2.31. The molecule has 0 aliphatic heterocycles. The second-order valence-corrected chi connectivity index (χ2v) is 6.86. The highest BCUT2D eigenvalue weighted by atomic mass is 127. The topological polar surface area (TPSA) is 73.3 Å². The molecular weight excluding hydrogens is 521 g/mol. The number of aryl methyl sites for hydroxylation is 1. The minimum absolute atomic E-state index is 0. The van der Waals surface area contributed by atoms with Crippen molar-refractivity contribution in [2.24, 2.45) is 4.99 Å². The summed E-state index contributed by atoms with van der Waals surface area (Å²) in [6.07, 6.45) is 0. The molecular formula is C24H36IN3O4. The fourth-order valence-electron chi connectivity index (χ4n) is 3.06. The van der Waals surface area contributed by atoms with Gasteiger partial charge in [0, 0.05) is 30.8 Å². The summed E-state index contributed by atoms with van der Waals surface area (Å²) < 4.78 is 22.2. The van der Waals surface area contributed by atoms with E-state index in [2.05, 4.69) is 29.7 Å². The lowest BCUT2D eigenvalue weighted by atomic mass is 10.1. The van der Waals surface area contributed by atoms with Crippen LogP contribution in [0.5, 0.6) is 17.2 Å². The molecule has 2 aromatic carbocycles. The van der Waals surface area contributed by atoms with Crippen LogP contribution >= 0.6 is 24.0 Å². The molecule has 0 unspecified atom stereocenters. The van der Waals surface area contributed by atoms with E-state index >= 15 is 0 Å². The maximum Gasteiger partial charge on any atom is 0.191 e. The monoisotopic (exact) mass is 557 g/mol. The Hall–Kier alpha value is -2.20. The van der Waals surface area contributed by atoms with Crippen molar-refractivity contribution in [2.75, 3.05) is 40.6 Å². The van der Waals surface area contributed by atoms with Crippen molar-refractivity contribution in [1.82, 2.24) is 10.6 Å². The third kappa shape index (κ3) is 8.74. The molecule has 0 fully saturated rings. The van der Waals surface area contributed by atoms with Gasteiger partial charge in [0.2, 0.25) is 0 Å². The number of halogens is 1.